The van der Waals surface area contributed by atoms with Crippen LogP contribution < -0.4 is 10.5 Å². The zero-order valence-electron chi connectivity index (χ0n) is 10.9. The van der Waals surface area contributed by atoms with Crippen molar-refractivity contribution in [2.24, 2.45) is 5.73 Å². The number of sulfonamides is 1. The predicted molar refractivity (Wildman–Crippen MR) is 79.4 cm³/mol. The Hall–Kier alpha value is -1.22. The number of aromatic amines is 1. The SMILES string of the molecule is Cc1[nH]ncc1CNS(=O)(=O)c1cc(CN)ccc1Br. The molecule has 4 N–H and O–H groups in total. The minimum atomic E-state index is -3.61. The molecule has 20 heavy (non-hydrogen) atoms. The smallest absolute Gasteiger partial charge is 0.242 e. The Balaban J connectivity index is 2.24. The summed E-state index contributed by atoms with van der Waals surface area (Å²) in [5.41, 5.74) is 7.94. The fourth-order valence-corrected chi connectivity index (χ4v) is 3.70. The third-order valence-corrected chi connectivity index (χ3v) is 5.30. The van der Waals surface area contributed by atoms with Gasteiger partial charge in [-0.2, -0.15) is 5.10 Å². The first-order valence-electron chi connectivity index (χ1n) is 5.91. The number of halogens is 1. The Bertz CT molecular complexity index is 712. The summed E-state index contributed by atoms with van der Waals surface area (Å²) in [6, 6.07) is 5.03. The molecule has 8 heteroatoms. The van der Waals surface area contributed by atoms with Crippen molar-refractivity contribution in [1.29, 1.82) is 0 Å². The van der Waals surface area contributed by atoms with Crippen molar-refractivity contribution in [2.75, 3.05) is 0 Å². The quantitative estimate of drug-likeness (QED) is 0.752. The molecule has 0 unspecified atom stereocenters. The fraction of sp³-hybridized carbons (Fsp3) is 0.250. The molecule has 0 spiro atoms. The molecule has 0 saturated heterocycles. The van der Waals surface area contributed by atoms with E-state index in [2.05, 4.69) is 30.8 Å². The minimum absolute atomic E-state index is 0.182. The molecule has 0 bridgehead atoms. The van der Waals surface area contributed by atoms with E-state index in [9.17, 15) is 8.42 Å². The highest BCUT2D eigenvalue weighted by Gasteiger charge is 2.18. The third kappa shape index (κ3) is 3.26. The Kier molecular flexibility index (Phi) is 4.59. The van der Waals surface area contributed by atoms with Crippen molar-refractivity contribution in [3.63, 3.8) is 0 Å². The van der Waals surface area contributed by atoms with Crippen LogP contribution in [0.1, 0.15) is 16.8 Å². The van der Waals surface area contributed by atoms with Crippen LogP contribution in [0.3, 0.4) is 0 Å². The summed E-state index contributed by atoms with van der Waals surface area (Å²) >= 11 is 3.25. The van der Waals surface area contributed by atoms with Gasteiger partial charge < -0.3 is 5.73 Å². The van der Waals surface area contributed by atoms with Crippen LogP contribution in [-0.4, -0.2) is 18.6 Å². The summed E-state index contributed by atoms with van der Waals surface area (Å²) in [6.45, 7) is 2.31. The second-order valence-electron chi connectivity index (χ2n) is 4.31. The molecular formula is C12H15BrN4O2S. The van der Waals surface area contributed by atoms with Crippen LogP contribution in [0.5, 0.6) is 0 Å². The molecule has 0 aliphatic heterocycles. The molecule has 1 aromatic heterocycles. The second-order valence-corrected chi connectivity index (χ2v) is 6.90. The number of nitrogens with zero attached hydrogens (tertiary/aromatic N) is 1. The van der Waals surface area contributed by atoms with E-state index in [0.717, 1.165) is 16.8 Å². The monoisotopic (exact) mass is 358 g/mol. The molecule has 2 aromatic rings. The van der Waals surface area contributed by atoms with E-state index < -0.39 is 10.0 Å². The Labute approximate surface area is 125 Å². The molecule has 0 radical (unpaired) electrons. The van der Waals surface area contributed by atoms with Gasteiger partial charge >= 0.3 is 0 Å². The molecular weight excluding hydrogens is 344 g/mol. The molecule has 1 heterocycles. The fourth-order valence-electron chi connectivity index (χ4n) is 1.69. The molecule has 0 amide bonds. The van der Waals surface area contributed by atoms with Crippen LogP contribution in [0.15, 0.2) is 33.8 Å². The van der Waals surface area contributed by atoms with E-state index in [1.165, 1.54) is 0 Å². The van der Waals surface area contributed by atoms with Crippen LogP contribution >= 0.6 is 15.9 Å². The van der Waals surface area contributed by atoms with Crippen molar-refractivity contribution in [3.8, 4) is 0 Å². The lowest BCUT2D eigenvalue weighted by atomic mass is 10.2. The van der Waals surface area contributed by atoms with Crippen LogP contribution in [0.25, 0.3) is 0 Å². The number of hydrogen-bond acceptors (Lipinski definition) is 4. The number of rotatable bonds is 5. The van der Waals surface area contributed by atoms with Gasteiger partial charge in [0, 0.05) is 28.8 Å². The molecule has 0 aliphatic rings. The van der Waals surface area contributed by atoms with Gasteiger partial charge in [0.05, 0.1) is 11.1 Å². The van der Waals surface area contributed by atoms with Crippen molar-refractivity contribution >= 4 is 26.0 Å². The molecule has 2 rings (SSSR count). The second kappa shape index (κ2) is 6.04. The lowest BCUT2D eigenvalue weighted by Crippen LogP contribution is -2.24. The first-order valence-corrected chi connectivity index (χ1v) is 8.18. The van der Waals surface area contributed by atoms with Gasteiger partial charge in [-0.25, -0.2) is 13.1 Å². The normalized spacial score (nSPS) is 11.8. The number of aromatic nitrogens is 2. The highest BCUT2D eigenvalue weighted by atomic mass is 79.9. The van der Waals surface area contributed by atoms with Gasteiger partial charge in [-0.15, -0.1) is 0 Å². The van der Waals surface area contributed by atoms with E-state index >= 15 is 0 Å². The first-order chi connectivity index (χ1) is 9.44. The molecule has 0 saturated carbocycles. The van der Waals surface area contributed by atoms with Crippen molar-refractivity contribution < 1.29 is 8.42 Å². The molecule has 0 atom stereocenters. The summed E-state index contributed by atoms with van der Waals surface area (Å²) in [5.74, 6) is 0. The molecule has 0 fully saturated rings. The van der Waals surface area contributed by atoms with Gasteiger partial charge in [0.25, 0.3) is 0 Å². The van der Waals surface area contributed by atoms with Crippen LogP contribution in [0.2, 0.25) is 0 Å². The van der Waals surface area contributed by atoms with Gasteiger partial charge in [-0.1, -0.05) is 6.07 Å². The topological polar surface area (TPSA) is 101 Å². The number of benzene rings is 1. The highest BCUT2D eigenvalue weighted by molar-refractivity contribution is 9.10. The summed E-state index contributed by atoms with van der Waals surface area (Å²) in [5, 5.41) is 6.62. The van der Waals surface area contributed by atoms with Gasteiger partial charge in [0.2, 0.25) is 10.0 Å². The maximum Gasteiger partial charge on any atom is 0.242 e. The average molecular weight is 359 g/mol. The van der Waals surface area contributed by atoms with Gasteiger partial charge in [0.1, 0.15) is 0 Å². The van der Waals surface area contributed by atoms with Crippen molar-refractivity contribution in [3.05, 3.63) is 45.7 Å². The number of nitrogens with one attached hydrogen (secondary N) is 2. The van der Waals surface area contributed by atoms with Crippen LogP contribution in [0, 0.1) is 6.92 Å². The Morgan fingerprint density at radius 2 is 2.20 bits per heavy atom. The Morgan fingerprint density at radius 3 is 2.80 bits per heavy atom. The number of H-pyrrole nitrogens is 1. The number of nitrogens with two attached hydrogens (primary N) is 1. The third-order valence-electron chi connectivity index (χ3n) is 2.91. The lowest BCUT2D eigenvalue weighted by Gasteiger charge is -2.09. The highest BCUT2D eigenvalue weighted by Crippen LogP contribution is 2.23. The van der Waals surface area contributed by atoms with E-state index in [4.69, 9.17) is 5.73 Å². The van der Waals surface area contributed by atoms with Crippen LogP contribution in [0.4, 0.5) is 0 Å². The molecule has 1 aromatic carbocycles. The summed E-state index contributed by atoms with van der Waals surface area (Å²) in [4.78, 5) is 0.182. The largest absolute Gasteiger partial charge is 0.326 e. The maximum atomic E-state index is 12.3. The zero-order valence-corrected chi connectivity index (χ0v) is 13.3. The van der Waals surface area contributed by atoms with Gasteiger partial charge in [-0.3, -0.25) is 5.10 Å². The van der Waals surface area contributed by atoms with Gasteiger partial charge in [0.15, 0.2) is 0 Å². The molecule has 108 valence electrons. The number of aryl methyl sites for hydroxylation is 1. The van der Waals surface area contributed by atoms with E-state index in [0.29, 0.717) is 4.47 Å². The maximum absolute atomic E-state index is 12.3. The van der Waals surface area contributed by atoms with Crippen LogP contribution in [-0.2, 0) is 23.1 Å². The van der Waals surface area contributed by atoms with E-state index in [1.54, 1.807) is 24.4 Å². The summed E-state index contributed by atoms with van der Waals surface area (Å²) in [7, 11) is -3.61. The first kappa shape index (κ1) is 15.2. The van der Waals surface area contributed by atoms with Crippen molar-refractivity contribution in [1.82, 2.24) is 14.9 Å². The predicted octanol–water partition coefficient (Wildman–Crippen LogP) is 1.42. The lowest BCUT2D eigenvalue weighted by molar-refractivity contribution is 0.580. The molecule has 6 nitrogen and oxygen atoms in total. The molecule has 0 aliphatic carbocycles. The van der Waals surface area contributed by atoms with E-state index in [1.807, 2.05) is 6.92 Å². The summed E-state index contributed by atoms with van der Waals surface area (Å²) in [6.07, 6.45) is 1.60. The minimum Gasteiger partial charge on any atom is -0.326 e. The summed E-state index contributed by atoms with van der Waals surface area (Å²) < 4.78 is 27.7. The van der Waals surface area contributed by atoms with E-state index in [-0.39, 0.29) is 18.0 Å². The number of hydrogen-bond donors (Lipinski definition) is 3. The zero-order chi connectivity index (χ0) is 14.8. The van der Waals surface area contributed by atoms with Gasteiger partial charge in [-0.05, 0) is 40.5 Å². The Morgan fingerprint density at radius 1 is 1.45 bits per heavy atom. The standard InChI is InChI=1S/C12H15BrN4O2S/c1-8-10(6-15-17-8)7-16-20(18,19)12-4-9(5-14)2-3-11(12)13/h2-4,6,16H,5,7,14H2,1H3,(H,15,17). The van der Waals surface area contributed by atoms with Crippen molar-refractivity contribution in [2.45, 2.75) is 24.9 Å². The average Bonchev–Trinajstić information content (AvgIpc) is 2.82.